The lowest BCUT2D eigenvalue weighted by molar-refractivity contribution is -0.110. The molecule has 0 unspecified atom stereocenters. The quantitative estimate of drug-likeness (QED) is 0.174. The molecule has 218 valence electrons. The van der Waals surface area contributed by atoms with Crippen molar-refractivity contribution in [1.82, 2.24) is 15.3 Å². The Morgan fingerprint density at radius 2 is 1.76 bits per heavy atom. The van der Waals surface area contributed by atoms with Crippen LogP contribution in [0.3, 0.4) is 0 Å². The highest BCUT2D eigenvalue weighted by Crippen LogP contribution is 2.39. The van der Waals surface area contributed by atoms with E-state index in [0.717, 1.165) is 26.2 Å². The van der Waals surface area contributed by atoms with Gasteiger partial charge in [-0.1, -0.05) is 30.3 Å². The van der Waals surface area contributed by atoms with E-state index < -0.39 is 23.6 Å². The zero-order chi connectivity index (χ0) is 29.8. The zero-order valence-electron chi connectivity index (χ0n) is 23.4. The number of amides is 2. The molecule has 5 rings (SSSR count). The average Bonchev–Trinajstić information content (AvgIpc) is 3.29. The van der Waals surface area contributed by atoms with Gasteiger partial charge in [0.1, 0.15) is 5.82 Å². The number of benzene rings is 3. The van der Waals surface area contributed by atoms with E-state index in [2.05, 4.69) is 33.0 Å². The molecule has 0 atom stereocenters. The summed E-state index contributed by atoms with van der Waals surface area (Å²) in [6.45, 7) is 6.40. The third-order valence-corrected chi connectivity index (χ3v) is 7.41. The largest absolute Gasteiger partial charge is 0.478 e. The first-order valence-electron chi connectivity index (χ1n) is 13.6. The number of rotatable bonds is 9. The van der Waals surface area contributed by atoms with Gasteiger partial charge in [0.25, 0.3) is 11.8 Å². The average molecular weight is 574 g/mol. The maximum Gasteiger partial charge on any atom is 0.336 e. The van der Waals surface area contributed by atoms with Gasteiger partial charge in [-0.2, -0.15) is 0 Å². The number of halogens is 1. The smallest absolute Gasteiger partial charge is 0.336 e. The van der Waals surface area contributed by atoms with Gasteiger partial charge in [-0.15, -0.1) is 0 Å². The Morgan fingerprint density at radius 1 is 1.02 bits per heavy atom. The van der Waals surface area contributed by atoms with E-state index in [4.69, 9.17) is 4.84 Å². The molecule has 0 bridgehead atoms. The summed E-state index contributed by atoms with van der Waals surface area (Å²) in [4.78, 5) is 47.2. The van der Waals surface area contributed by atoms with Crippen molar-refractivity contribution in [2.75, 3.05) is 57.0 Å². The van der Waals surface area contributed by atoms with Crippen molar-refractivity contribution in [1.29, 1.82) is 0 Å². The molecule has 1 saturated heterocycles. The summed E-state index contributed by atoms with van der Waals surface area (Å²) < 4.78 is 15.1. The molecule has 2 heterocycles. The Labute approximate surface area is 242 Å². The number of hydrogen-bond acceptors (Lipinski definition) is 7. The maximum atomic E-state index is 15.1. The number of anilines is 2. The Bertz CT molecular complexity index is 1550. The Hall–Kier alpha value is -4.58. The number of hydrogen-bond donors (Lipinski definition) is 4. The van der Waals surface area contributed by atoms with Gasteiger partial charge in [0.05, 0.1) is 34.7 Å². The Kier molecular flexibility index (Phi) is 8.62. The van der Waals surface area contributed by atoms with Crippen LogP contribution in [-0.4, -0.2) is 79.1 Å². The number of carboxylic acid groups (broad SMARTS) is 1. The summed E-state index contributed by atoms with van der Waals surface area (Å²) in [5.41, 5.74) is 5.27. The summed E-state index contributed by atoms with van der Waals surface area (Å²) in [5.74, 6) is -2.99. The van der Waals surface area contributed by atoms with Crippen LogP contribution in [0.1, 0.15) is 37.4 Å². The van der Waals surface area contributed by atoms with Gasteiger partial charge >= 0.3 is 5.97 Å². The molecule has 0 aromatic heterocycles. The van der Waals surface area contributed by atoms with Crippen LogP contribution >= 0.6 is 0 Å². The van der Waals surface area contributed by atoms with E-state index in [0.29, 0.717) is 40.3 Å². The number of nitrogens with one attached hydrogen (secondary N) is 3. The standard InChI is InChI=1S/C31H32FN5O5/c1-19-16-24-26(18-23(19)31(40)41)34-30(39)27(24)28(20-6-4-3-5-7-20)33-21-8-9-22(25(32)17-21)29(38)35-42-15-14-37-12-10-36(2)11-13-37/h3-9,16-18,33H,10-15H2,1-2H3,(H,34,39)(H,35,38)(H,40,41). The number of aryl methyl sites for hydroxylation is 1. The Balaban J connectivity index is 1.35. The molecule has 2 aliphatic rings. The molecule has 2 amide bonds. The van der Waals surface area contributed by atoms with E-state index in [9.17, 15) is 19.5 Å². The fraction of sp³-hybridized carbons (Fsp3) is 0.258. The molecule has 0 radical (unpaired) electrons. The first kappa shape index (κ1) is 28.9. The molecule has 2 aliphatic heterocycles. The second-order valence-electron chi connectivity index (χ2n) is 10.3. The summed E-state index contributed by atoms with van der Waals surface area (Å²) >= 11 is 0. The second-order valence-corrected chi connectivity index (χ2v) is 10.3. The summed E-state index contributed by atoms with van der Waals surface area (Å²) in [6, 6.07) is 16.2. The van der Waals surface area contributed by atoms with E-state index in [-0.39, 0.29) is 23.3 Å². The van der Waals surface area contributed by atoms with E-state index in [1.54, 1.807) is 25.1 Å². The van der Waals surface area contributed by atoms with E-state index >= 15 is 4.39 Å². The Morgan fingerprint density at radius 3 is 2.45 bits per heavy atom. The minimum atomic E-state index is -1.09. The number of piperazine rings is 1. The fourth-order valence-corrected chi connectivity index (χ4v) is 5.03. The third-order valence-electron chi connectivity index (χ3n) is 7.41. The van der Waals surface area contributed by atoms with E-state index in [1.807, 2.05) is 18.2 Å². The van der Waals surface area contributed by atoms with Crippen LogP contribution in [0.15, 0.2) is 60.7 Å². The summed E-state index contributed by atoms with van der Waals surface area (Å²) in [5, 5.41) is 15.4. The predicted octanol–water partition coefficient (Wildman–Crippen LogP) is 3.67. The summed E-state index contributed by atoms with van der Waals surface area (Å²) in [6.07, 6.45) is 0. The fourth-order valence-electron chi connectivity index (χ4n) is 5.03. The number of carbonyl (C=O) groups excluding carboxylic acids is 2. The van der Waals surface area contributed by atoms with Gasteiger partial charge in [-0.25, -0.2) is 14.7 Å². The second kappa shape index (κ2) is 12.5. The van der Waals surface area contributed by atoms with E-state index in [1.165, 1.54) is 24.3 Å². The molecule has 1 fully saturated rings. The van der Waals surface area contributed by atoms with Crippen LogP contribution in [-0.2, 0) is 9.63 Å². The SMILES string of the molecule is Cc1cc2c(cc1C(=O)O)NC(=O)C2=C(Nc1ccc(C(=O)NOCCN2CCN(C)CC2)c(F)c1)c1ccccc1. The molecule has 0 spiro atoms. The van der Waals surface area contributed by atoms with Crippen LogP contribution in [0.4, 0.5) is 15.8 Å². The monoisotopic (exact) mass is 573 g/mol. The van der Waals surface area contributed by atoms with Crippen molar-refractivity contribution in [2.24, 2.45) is 0 Å². The molecule has 0 aliphatic carbocycles. The van der Waals surface area contributed by atoms with Crippen molar-refractivity contribution in [3.05, 3.63) is 94.3 Å². The highest BCUT2D eigenvalue weighted by molar-refractivity contribution is 6.37. The van der Waals surface area contributed by atoms with Crippen LogP contribution in [0.25, 0.3) is 11.3 Å². The zero-order valence-corrected chi connectivity index (χ0v) is 23.4. The van der Waals surface area contributed by atoms with Crippen LogP contribution < -0.4 is 16.1 Å². The molecule has 4 N–H and O–H groups in total. The minimum absolute atomic E-state index is 0.0868. The number of aromatic carboxylic acids is 1. The first-order valence-corrected chi connectivity index (χ1v) is 13.6. The predicted molar refractivity (Wildman–Crippen MR) is 157 cm³/mol. The third kappa shape index (κ3) is 6.33. The van der Waals surface area contributed by atoms with Gasteiger partial charge in [-0.3, -0.25) is 19.3 Å². The van der Waals surface area contributed by atoms with Gasteiger partial charge in [0, 0.05) is 44.0 Å². The number of carboxylic acids is 1. The lowest BCUT2D eigenvalue weighted by Crippen LogP contribution is -2.45. The lowest BCUT2D eigenvalue weighted by atomic mass is 9.96. The summed E-state index contributed by atoms with van der Waals surface area (Å²) in [7, 11) is 2.08. The number of likely N-dealkylation sites (N-methyl/N-ethyl adjacent to an activating group) is 1. The number of nitrogens with zero attached hydrogens (tertiary/aromatic N) is 2. The van der Waals surface area contributed by atoms with Crippen molar-refractivity contribution in [3.8, 4) is 0 Å². The lowest BCUT2D eigenvalue weighted by Gasteiger charge is -2.32. The number of carbonyl (C=O) groups is 3. The van der Waals surface area contributed by atoms with Gasteiger partial charge in [0.2, 0.25) is 0 Å². The van der Waals surface area contributed by atoms with Gasteiger partial charge in [-0.05, 0) is 55.4 Å². The molecular formula is C31H32FN5O5. The van der Waals surface area contributed by atoms with Crippen molar-refractivity contribution in [3.63, 3.8) is 0 Å². The van der Waals surface area contributed by atoms with Gasteiger partial charge in [0.15, 0.2) is 0 Å². The van der Waals surface area contributed by atoms with Crippen molar-refractivity contribution in [2.45, 2.75) is 6.92 Å². The van der Waals surface area contributed by atoms with Crippen LogP contribution in [0.2, 0.25) is 0 Å². The molecule has 3 aromatic rings. The van der Waals surface area contributed by atoms with Crippen LogP contribution in [0.5, 0.6) is 0 Å². The molecule has 10 nitrogen and oxygen atoms in total. The molecule has 42 heavy (non-hydrogen) atoms. The topological polar surface area (TPSA) is 123 Å². The van der Waals surface area contributed by atoms with Gasteiger partial charge < -0.3 is 20.6 Å². The number of fused-ring (bicyclic) bond motifs is 1. The molecule has 0 saturated carbocycles. The highest BCUT2D eigenvalue weighted by atomic mass is 19.1. The first-order chi connectivity index (χ1) is 20.2. The molecule has 11 heteroatoms. The maximum absolute atomic E-state index is 15.1. The number of hydroxylamine groups is 1. The van der Waals surface area contributed by atoms with Crippen molar-refractivity contribution >= 4 is 40.4 Å². The molecular weight excluding hydrogens is 541 g/mol. The molecule has 3 aromatic carbocycles. The highest BCUT2D eigenvalue weighted by Gasteiger charge is 2.30. The minimum Gasteiger partial charge on any atom is -0.478 e. The van der Waals surface area contributed by atoms with Crippen molar-refractivity contribution < 1.29 is 28.7 Å². The normalized spacial score (nSPS) is 16.5. The van der Waals surface area contributed by atoms with Crippen LogP contribution in [0, 0.1) is 12.7 Å².